The Balaban J connectivity index is 2.16. The predicted octanol–water partition coefficient (Wildman–Crippen LogP) is 6.14. The second-order valence-corrected chi connectivity index (χ2v) is 5.55. The van der Waals surface area contributed by atoms with Crippen molar-refractivity contribution in [3.8, 4) is 0 Å². The molecule has 0 unspecified atom stereocenters. The molecule has 0 radical (unpaired) electrons. The number of allylic oxidation sites excluding steroid dienone is 1. The zero-order valence-corrected chi connectivity index (χ0v) is 13.2. The molecule has 2 aromatic carbocycles. The van der Waals surface area contributed by atoms with E-state index in [0.717, 1.165) is 30.3 Å². The van der Waals surface area contributed by atoms with Crippen molar-refractivity contribution in [3.05, 3.63) is 76.1 Å². The Morgan fingerprint density at radius 2 is 1.54 bits per heavy atom. The monoisotopic (exact) mass is 340 g/mol. The van der Waals surface area contributed by atoms with Crippen molar-refractivity contribution in [1.82, 2.24) is 0 Å². The van der Waals surface area contributed by atoms with Crippen LogP contribution < -0.4 is 0 Å². The van der Waals surface area contributed by atoms with Crippen molar-refractivity contribution < 1.29 is 22.0 Å². The predicted molar refractivity (Wildman–Crippen MR) is 84.1 cm³/mol. The van der Waals surface area contributed by atoms with E-state index in [2.05, 4.69) is 0 Å². The second-order valence-electron chi connectivity index (χ2n) is 5.55. The van der Waals surface area contributed by atoms with E-state index in [9.17, 15) is 22.0 Å². The highest BCUT2D eigenvalue weighted by Crippen LogP contribution is 2.21. The van der Waals surface area contributed by atoms with E-state index >= 15 is 0 Å². The molecule has 0 saturated carbocycles. The average Bonchev–Trinajstić information content (AvgIpc) is 2.50. The van der Waals surface area contributed by atoms with E-state index in [0.29, 0.717) is 12.0 Å². The Kier molecular flexibility index (Phi) is 6.12. The van der Waals surface area contributed by atoms with Gasteiger partial charge in [0.15, 0.2) is 11.6 Å². The number of aryl methyl sites for hydroxylation is 1. The van der Waals surface area contributed by atoms with Crippen molar-refractivity contribution in [2.24, 2.45) is 0 Å². The van der Waals surface area contributed by atoms with E-state index < -0.39 is 29.1 Å². The fraction of sp³-hybridized carbons (Fsp3) is 0.263. The first-order valence-corrected chi connectivity index (χ1v) is 7.68. The van der Waals surface area contributed by atoms with Crippen LogP contribution in [0.2, 0.25) is 0 Å². The molecule has 0 bridgehead atoms. The normalized spacial score (nSPS) is 11.8. The van der Waals surface area contributed by atoms with Crippen LogP contribution in [0.15, 0.2) is 36.2 Å². The summed E-state index contributed by atoms with van der Waals surface area (Å²) in [5.74, 6) is -3.98. The maximum absolute atomic E-state index is 14.1. The molecule has 0 aromatic heterocycles. The van der Waals surface area contributed by atoms with Gasteiger partial charge in [-0.25, -0.2) is 22.0 Å². The molecule has 0 spiro atoms. The number of hydrogen-bond donors (Lipinski definition) is 0. The van der Waals surface area contributed by atoms with Gasteiger partial charge in [0.1, 0.15) is 17.5 Å². The van der Waals surface area contributed by atoms with E-state index in [1.807, 2.05) is 0 Å². The lowest BCUT2D eigenvalue weighted by atomic mass is 10.0. The van der Waals surface area contributed by atoms with Crippen LogP contribution in [0.5, 0.6) is 0 Å². The molecule has 0 heterocycles. The van der Waals surface area contributed by atoms with Crippen molar-refractivity contribution in [3.63, 3.8) is 0 Å². The smallest absolute Gasteiger partial charge is 0.159 e. The Labute approximate surface area is 137 Å². The average molecular weight is 340 g/mol. The number of hydrogen-bond acceptors (Lipinski definition) is 0. The molecule has 5 heteroatoms. The molecular weight excluding hydrogens is 323 g/mol. The van der Waals surface area contributed by atoms with Gasteiger partial charge >= 0.3 is 0 Å². The van der Waals surface area contributed by atoms with Gasteiger partial charge in [0.2, 0.25) is 0 Å². The van der Waals surface area contributed by atoms with Crippen LogP contribution in [0.3, 0.4) is 0 Å². The van der Waals surface area contributed by atoms with Gasteiger partial charge in [0.25, 0.3) is 0 Å². The number of rotatable bonds is 6. The Morgan fingerprint density at radius 3 is 2.12 bits per heavy atom. The maximum atomic E-state index is 14.1. The number of halogens is 5. The Hall–Kier alpha value is -2.17. The minimum Gasteiger partial charge on any atom is -0.212 e. The van der Waals surface area contributed by atoms with Gasteiger partial charge in [-0.05, 0) is 67.2 Å². The molecular formula is C19H17F5. The van der Waals surface area contributed by atoms with Crippen LogP contribution in [-0.2, 0) is 12.8 Å². The third kappa shape index (κ3) is 4.66. The summed E-state index contributed by atoms with van der Waals surface area (Å²) < 4.78 is 67.6. The van der Waals surface area contributed by atoms with Gasteiger partial charge < -0.3 is 0 Å². The van der Waals surface area contributed by atoms with Crippen LogP contribution in [0.4, 0.5) is 22.0 Å². The van der Waals surface area contributed by atoms with Gasteiger partial charge in [-0.1, -0.05) is 13.0 Å². The highest BCUT2D eigenvalue weighted by Gasteiger charge is 2.12. The topological polar surface area (TPSA) is 0 Å². The van der Waals surface area contributed by atoms with Gasteiger partial charge in [-0.15, -0.1) is 0 Å². The first-order valence-electron chi connectivity index (χ1n) is 7.68. The second kappa shape index (κ2) is 8.08. The van der Waals surface area contributed by atoms with Crippen LogP contribution in [-0.4, -0.2) is 0 Å². The van der Waals surface area contributed by atoms with Crippen LogP contribution in [0.1, 0.15) is 36.5 Å². The molecule has 128 valence electrons. The third-order valence-corrected chi connectivity index (χ3v) is 3.62. The molecule has 0 aliphatic rings. The molecule has 0 fully saturated rings. The van der Waals surface area contributed by atoms with E-state index in [-0.39, 0.29) is 30.4 Å². The van der Waals surface area contributed by atoms with Crippen LogP contribution >= 0.6 is 0 Å². The van der Waals surface area contributed by atoms with Crippen LogP contribution in [0, 0.1) is 23.3 Å². The van der Waals surface area contributed by atoms with Crippen molar-refractivity contribution in [2.45, 2.75) is 32.6 Å². The van der Waals surface area contributed by atoms with Gasteiger partial charge in [-0.3, -0.25) is 0 Å². The Bertz CT molecular complexity index is 726. The molecule has 0 amide bonds. The fourth-order valence-electron chi connectivity index (χ4n) is 2.40. The molecule has 0 aliphatic carbocycles. The quantitative estimate of drug-likeness (QED) is 0.554. The first kappa shape index (κ1) is 18.2. The highest BCUT2D eigenvalue weighted by molar-refractivity contribution is 5.52. The van der Waals surface area contributed by atoms with E-state index in [1.54, 1.807) is 6.92 Å². The highest BCUT2D eigenvalue weighted by atomic mass is 19.2. The summed E-state index contributed by atoms with van der Waals surface area (Å²) in [6.07, 6.45) is 2.06. The summed E-state index contributed by atoms with van der Waals surface area (Å²) in [4.78, 5) is 0. The molecule has 0 atom stereocenters. The summed E-state index contributed by atoms with van der Waals surface area (Å²) in [6.45, 7) is 1.80. The summed E-state index contributed by atoms with van der Waals surface area (Å²) in [5, 5.41) is 0. The lowest BCUT2D eigenvalue weighted by Gasteiger charge is -2.07. The zero-order chi connectivity index (χ0) is 17.7. The molecule has 0 N–H and O–H groups in total. The summed E-state index contributed by atoms with van der Waals surface area (Å²) in [7, 11) is 0. The standard InChI is InChI=1S/C19H17F5/c1-2-3-14(20)8-13-10-17(22)15(18(23)11-13)6-4-12-5-7-16(21)19(24)9-12/h5,7-11H,2-4,6H2,1H3. The van der Waals surface area contributed by atoms with Crippen molar-refractivity contribution in [1.29, 1.82) is 0 Å². The van der Waals surface area contributed by atoms with Crippen molar-refractivity contribution >= 4 is 6.08 Å². The third-order valence-electron chi connectivity index (χ3n) is 3.62. The van der Waals surface area contributed by atoms with Gasteiger partial charge in [0, 0.05) is 5.56 Å². The van der Waals surface area contributed by atoms with Crippen LogP contribution in [0.25, 0.3) is 6.08 Å². The molecule has 24 heavy (non-hydrogen) atoms. The molecule has 2 aromatic rings. The van der Waals surface area contributed by atoms with Gasteiger partial charge in [-0.2, -0.15) is 0 Å². The van der Waals surface area contributed by atoms with Gasteiger partial charge in [0.05, 0.1) is 0 Å². The SMILES string of the molecule is CCCC(F)=Cc1cc(F)c(CCc2ccc(F)c(F)c2)c(F)c1. The molecule has 0 saturated heterocycles. The summed E-state index contributed by atoms with van der Waals surface area (Å²) in [6, 6.07) is 5.48. The summed E-state index contributed by atoms with van der Waals surface area (Å²) in [5.41, 5.74) is 0.394. The largest absolute Gasteiger partial charge is 0.212 e. The van der Waals surface area contributed by atoms with E-state index in [1.165, 1.54) is 6.07 Å². The molecule has 2 rings (SSSR count). The zero-order valence-electron chi connectivity index (χ0n) is 13.2. The number of benzene rings is 2. The Morgan fingerprint density at radius 1 is 0.875 bits per heavy atom. The lowest BCUT2D eigenvalue weighted by Crippen LogP contribution is -2.00. The summed E-state index contributed by atoms with van der Waals surface area (Å²) >= 11 is 0. The minimum atomic E-state index is -1.000. The molecule has 0 nitrogen and oxygen atoms in total. The minimum absolute atomic E-state index is 0.00975. The lowest BCUT2D eigenvalue weighted by molar-refractivity contribution is 0.506. The molecule has 0 aliphatic heterocycles. The fourth-order valence-corrected chi connectivity index (χ4v) is 2.40. The van der Waals surface area contributed by atoms with E-state index in [4.69, 9.17) is 0 Å². The van der Waals surface area contributed by atoms with Crippen molar-refractivity contribution in [2.75, 3.05) is 0 Å². The maximum Gasteiger partial charge on any atom is 0.159 e. The first-order chi connectivity index (χ1) is 11.4.